The maximum absolute atomic E-state index is 12.4. The fourth-order valence-corrected chi connectivity index (χ4v) is 4.79. The number of hydrogen-bond donors (Lipinski definition) is 1. The molecule has 0 unspecified atom stereocenters. The largest absolute Gasteiger partial charge is 0.353 e. The Kier molecular flexibility index (Phi) is 8.01. The van der Waals surface area contributed by atoms with E-state index in [4.69, 9.17) is 11.6 Å². The Balaban J connectivity index is 1.86. The van der Waals surface area contributed by atoms with Crippen LogP contribution in [0.5, 0.6) is 0 Å². The normalized spacial score (nSPS) is 12.4. The minimum absolute atomic E-state index is 0.326. The molecule has 0 aliphatic heterocycles. The van der Waals surface area contributed by atoms with Gasteiger partial charge in [-0.1, -0.05) is 41.9 Å². The fourth-order valence-electron chi connectivity index (χ4n) is 2.59. The fraction of sp³-hybridized carbons (Fsp3) is 0.316. The summed E-state index contributed by atoms with van der Waals surface area (Å²) in [6.07, 6.45) is 1.10. The first kappa shape index (κ1) is 21.6. The van der Waals surface area contributed by atoms with Gasteiger partial charge in [-0.15, -0.1) is 0 Å². The molecule has 0 bridgehead atoms. The van der Waals surface area contributed by atoms with Crippen LogP contribution >= 0.6 is 23.4 Å². The third-order valence-electron chi connectivity index (χ3n) is 3.80. The lowest BCUT2D eigenvalue weighted by Gasteiger charge is -2.28. The summed E-state index contributed by atoms with van der Waals surface area (Å²) in [5, 5.41) is 3.52. The molecule has 0 aliphatic rings. The maximum Gasteiger partial charge on any atom is 0.243 e. The maximum atomic E-state index is 12.4. The number of nitrogens with one attached hydrogen (secondary N) is 1. The van der Waals surface area contributed by atoms with Gasteiger partial charge >= 0.3 is 0 Å². The molecule has 1 N–H and O–H groups in total. The van der Waals surface area contributed by atoms with E-state index in [2.05, 4.69) is 5.32 Å². The zero-order valence-corrected chi connectivity index (χ0v) is 17.7. The number of anilines is 1. The highest BCUT2D eigenvalue weighted by atomic mass is 35.5. The lowest BCUT2D eigenvalue weighted by atomic mass is 10.2. The van der Waals surface area contributed by atoms with E-state index in [0.717, 1.165) is 27.6 Å². The molecule has 0 radical (unpaired) electrons. The van der Waals surface area contributed by atoms with E-state index in [1.54, 1.807) is 49.0 Å². The molecule has 1 atom stereocenters. The quantitative estimate of drug-likeness (QED) is 0.623. The van der Waals surface area contributed by atoms with Gasteiger partial charge in [-0.05, 0) is 36.8 Å². The van der Waals surface area contributed by atoms with E-state index >= 15 is 0 Å². The second-order valence-corrected chi connectivity index (χ2v) is 9.44. The van der Waals surface area contributed by atoms with Gasteiger partial charge in [-0.3, -0.25) is 9.10 Å². The SMILES string of the molecule is C[C@H](C(=O)NCCSCc1cccc(Cl)c1)N(c1ccccc1)S(C)(=O)=O. The first-order valence-electron chi connectivity index (χ1n) is 8.43. The Labute approximate surface area is 170 Å². The van der Waals surface area contributed by atoms with Crippen LogP contribution in [0.25, 0.3) is 0 Å². The molecule has 0 aliphatic carbocycles. The first-order valence-corrected chi connectivity index (χ1v) is 11.8. The number of amides is 1. The summed E-state index contributed by atoms with van der Waals surface area (Å²) in [6.45, 7) is 2.04. The highest BCUT2D eigenvalue weighted by Crippen LogP contribution is 2.20. The number of halogens is 1. The van der Waals surface area contributed by atoms with Crippen molar-refractivity contribution < 1.29 is 13.2 Å². The number of para-hydroxylation sites is 1. The molecule has 0 spiro atoms. The van der Waals surface area contributed by atoms with Crippen molar-refractivity contribution in [3.8, 4) is 0 Å². The lowest BCUT2D eigenvalue weighted by Crippen LogP contribution is -2.48. The number of rotatable bonds is 9. The van der Waals surface area contributed by atoms with Gasteiger partial charge in [-0.25, -0.2) is 8.42 Å². The van der Waals surface area contributed by atoms with Crippen molar-refractivity contribution in [3.05, 3.63) is 65.2 Å². The van der Waals surface area contributed by atoms with E-state index in [-0.39, 0.29) is 5.91 Å². The zero-order valence-electron chi connectivity index (χ0n) is 15.3. The average molecular weight is 427 g/mol. The van der Waals surface area contributed by atoms with Crippen molar-refractivity contribution >= 4 is 45.0 Å². The molecule has 2 aromatic carbocycles. The average Bonchev–Trinajstić information content (AvgIpc) is 2.61. The Hall–Kier alpha value is -1.70. The predicted molar refractivity (Wildman–Crippen MR) is 114 cm³/mol. The van der Waals surface area contributed by atoms with E-state index in [1.807, 2.05) is 24.3 Å². The third kappa shape index (κ3) is 6.75. The molecule has 27 heavy (non-hydrogen) atoms. The standard InChI is InChI=1S/C19H23ClN2O3S2/c1-15(22(27(2,24)25)18-9-4-3-5-10-18)19(23)21-11-12-26-14-16-7-6-8-17(20)13-16/h3-10,13,15H,11-12,14H2,1-2H3,(H,21,23)/t15-/m1/s1. The van der Waals surface area contributed by atoms with E-state index in [1.165, 1.54) is 0 Å². The molecule has 0 heterocycles. The van der Waals surface area contributed by atoms with Crippen LogP contribution in [-0.2, 0) is 20.6 Å². The molecule has 146 valence electrons. The highest BCUT2D eigenvalue weighted by molar-refractivity contribution is 7.98. The van der Waals surface area contributed by atoms with Crippen LogP contribution in [0.1, 0.15) is 12.5 Å². The first-order chi connectivity index (χ1) is 12.8. The molecule has 0 saturated carbocycles. The van der Waals surface area contributed by atoms with Crippen LogP contribution in [0.15, 0.2) is 54.6 Å². The Morgan fingerprint density at radius 1 is 1.19 bits per heavy atom. The number of nitrogens with zero attached hydrogens (tertiary/aromatic N) is 1. The molecule has 2 aromatic rings. The van der Waals surface area contributed by atoms with Gasteiger partial charge in [0.25, 0.3) is 0 Å². The number of hydrogen-bond acceptors (Lipinski definition) is 4. The van der Waals surface area contributed by atoms with Crippen molar-refractivity contribution in [1.82, 2.24) is 5.32 Å². The summed E-state index contributed by atoms with van der Waals surface area (Å²) in [4.78, 5) is 12.4. The number of carbonyl (C=O) groups is 1. The van der Waals surface area contributed by atoms with E-state index in [0.29, 0.717) is 17.3 Å². The Morgan fingerprint density at radius 2 is 1.89 bits per heavy atom. The van der Waals surface area contributed by atoms with Crippen molar-refractivity contribution in [1.29, 1.82) is 0 Å². The van der Waals surface area contributed by atoms with Crippen molar-refractivity contribution in [2.75, 3.05) is 22.9 Å². The van der Waals surface area contributed by atoms with Crippen molar-refractivity contribution in [3.63, 3.8) is 0 Å². The number of sulfonamides is 1. The van der Waals surface area contributed by atoms with Gasteiger partial charge in [0.1, 0.15) is 6.04 Å². The van der Waals surface area contributed by atoms with Crippen molar-refractivity contribution in [2.24, 2.45) is 0 Å². The summed E-state index contributed by atoms with van der Waals surface area (Å²) >= 11 is 7.63. The number of carbonyl (C=O) groups excluding carboxylic acids is 1. The van der Waals surface area contributed by atoms with Crippen LogP contribution in [0.3, 0.4) is 0 Å². The lowest BCUT2D eigenvalue weighted by molar-refractivity contribution is -0.121. The second kappa shape index (κ2) is 10.0. The van der Waals surface area contributed by atoms with Crippen LogP contribution in [0.2, 0.25) is 5.02 Å². The van der Waals surface area contributed by atoms with Crippen LogP contribution in [0.4, 0.5) is 5.69 Å². The van der Waals surface area contributed by atoms with Crippen LogP contribution in [0, 0.1) is 0 Å². The summed E-state index contributed by atoms with van der Waals surface area (Å²) in [5.74, 6) is 1.19. The molecule has 0 aromatic heterocycles. The zero-order chi connectivity index (χ0) is 19.9. The summed E-state index contributed by atoms with van der Waals surface area (Å²) in [7, 11) is -3.58. The molecule has 0 saturated heterocycles. The van der Waals surface area contributed by atoms with Gasteiger partial charge in [0, 0.05) is 23.1 Å². The van der Waals surface area contributed by atoms with E-state index in [9.17, 15) is 13.2 Å². The monoisotopic (exact) mass is 426 g/mol. The molecular formula is C19H23ClN2O3S2. The van der Waals surface area contributed by atoms with Crippen LogP contribution < -0.4 is 9.62 Å². The minimum atomic E-state index is -3.58. The molecule has 5 nitrogen and oxygen atoms in total. The number of benzene rings is 2. The van der Waals surface area contributed by atoms with Gasteiger partial charge in [0.05, 0.1) is 11.9 Å². The number of thioether (sulfide) groups is 1. The van der Waals surface area contributed by atoms with Gasteiger partial charge in [0.15, 0.2) is 0 Å². The topological polar surface area (TPSA) is 66.5 Å². The molecule has 8 heteroatoms. The summed E-state index contributed by atoms with van der Waals surface area (Å²) in [5.41, 5.74) is 1.59. The molecule has 0 fully saturated rings. The Morgan fingerprint density at radius 3 is 2.52 bits per heavy atom. The molecule has 2 rings (SSSR count). The third-order valence-corrected chi connectivity index (χ3v) is 6.31. The minimum Gasteiger partial charge on any atom is -0.353 e. The molecule has 1 amide bonds. The second-order valence-electron chi connectivity index (χ2n) is 6.04. The summed E-state index contributed by atoms with van der Waals surface area (Å²) in [6, 6.07) is 15.4. The van der Waals surface area contributed by atoms with Gasteiger partial charge < -0.3 is 5.32 Å². The smallest absolute Gasteiger partial charge is 0.243 e. The predicted octanol–water partition coefficient (Wildman–Crippen LogP) is 3.54. The summed E-state index contributed by atoms with van der Waals surface area (Å²) < 4.78 is 25.5. The highest BCUT2D eigenvalue weighted by Gasteiger charge is 2.28. The van der Waals surface area contributed by atoms with Gasteiger partial charge in [0.2, 0.25) is 15.9 Å². The van der Waals surface area contributed by atoms with Gasteiger partial charge in [-0.2, -0.15) is 11.8 Å². The molecular weight excluding hydrogens is 404 g/mol. The van der Waals surface area contributed by atoms with Crippen LogP contribution in [-0.4, -0.2) is 38.9 Å². The van der Waals surface area contributed by atoms with E-state index < -0.39 is 16.1 Å². The van der Waals surface area contributed by atoms with Crippen molar-refractivity contribution in [2.45, 2.75) is 18.7 Å². The Bertz CT molecular complexity index is 860.